The van der Waals surface area contributed by atoms with Gasteiger partial charge in [0, 0.05) is 22.2 Å². The van der Waals surface area contributed by atoms with Crippen molar-refractivity contribution in [2.45, 2.75) is 9.79 Å². The number of halogens is 1. The van der Waals surface area contributed by atoms with Crippen molar-refractivity contribution in [1.29, 1.82) is 0 Å². The van der Waals surface area contributed by atoms with Gasteiger partial charge in [-0.2, -0.15) is 0 Å². The van der Waals surface area contributed by atoms with Crippen molar-refractivity contribution in [2.24, 2.45) is 0 Å². The summed E-state index contributed by atoms with van der Waals surface area (Å²) in [4.78, 5) is 7.10. The van der Waals surface area contributed by atoms with Crippen LogP contribution >= 0.6 is 43.3 Å². The molecule has 4 rings (SSSR count). The molecule has 0 aliphatic rings. The number of aromatic nitrogens is 2. The Morgan fingerprint density at radius 1 is 1.17 bits per heavy atom. The minimum atomic E-state index is 0.977. The zero-order chi connectivity index (χ0) is 16.4. The van der Waals surface area contributed by atoms with Gasteiger partial charge in [0.15, 0.2) is 0 Å². The Balaban J connectivity index is 0.000000753. The number of fused-ring (bicyclic) bond motifs is 6. The van der Waals surface area contributed by atoms with Crippen LogP contribution in [0.3, 0.4) is 0 Å². The number of thioether (sulfide) groups is 2. The molecule has 0 bridgehead atoms. The standard InChI is InChI=1S/C17H13N2S2.HI.Zn/c1-20-11-9-14-12-5-3-4-6-13(12)17-18-7-8-19(17)16(14)15(10-11)21-2;;/h3-5,7-10H,1-2H3;1H;/q-1;;+2/p-1. The predicted molar refractivity (Wildman–Crippen MR) is 107 cm³/mol. The summed E-state index contributed by atoms with van der Waals surface area (Å²) < 4.78 is 2.18. The van der Waals surface area contributed by atoms with E-state index in [-0.39, 0.29) is 0 Å². The second-order valence-corrected chi connectivity index (χ2v) is 6.53. The predicted octanol–water partition coefficient (Wildman–Crippen LogP) is 5.77. The van der Waals surface area contributed by atoms with E-state index in [1.54, 1.807) is 23.5 Å². The van der Waals surface area contributed by atoms with Crippen molar-refractivity contribution in [2.75, 3.05) is 12.5 Å². The summed E-state index contributed by atoms with van der Waals surface area (Å²) in [6, 6.07) is 14.0. The summed E-state index contributed by atoms with van der Waals surface area (Å²) in [6.07, 6.45) is 8.15. The van der Waals surface area contributed by atoms with Crippen molar-refractivity contribution in [3.05, 3.63) is 48.8 Å². The van der Waals surface area contributed by atoms with E-state index in [9.17, 15) is 0 Å². The minimum absolute atomic E-state index is 0.977. The van der Waals surface area contributed by atoms with Gasteiger partial charge in [-0.25, -0.2) is 0 Å². The van der Waals surface area contributed by atoms with Crippen molar-refractivity contribution in [3.63, 3.8) is 0 Å². The third-order valence-corrected chi connectivity index (χ3v) is 5.21. The van der Waals surface area contributed by atoms with Gasteiger partial charge in [-0.3, -0.25) is 4.98 Å². The van der Waals surface area contributed by atoms with Crippen LogP contribution in [0.25, 0.3) is 27.3 Å². The van der Waals surface area contributed by atoms with Crippen LogP contribution in [0.4, 0.5) is 0 Å². The van der Waals surface area contributed by atoms with Gasteiger partial charge in [0.1, 0.15) is 0 Å². The molecule has 0 amide bonds. The van der Waals surface area contributed by atoms with Crippen LogP contribution in [0.1, 0.15) is 0 Å². The van der Waals surface area contributed by atoms with E-state index < -0.39 is 0 Å². The maximum absolute atomic E-state index is 4.53. The first kappa shape index (κ1) is 17.5. The Morgan fingerprint density at radius 3 is 2.74 bits per heavy atom. The average Bonchev–Trinajstić information content (AvgIpc) is 3.12. The molecule has 2 aromatic heterocycles. The molecule has 0 aliphatic heterocycles. The van der Waals surface area contributed by atoms with Gasteiger partial charge >= 0.3 is 34.5 Å². The first-order valence-corrected chi connectivity index (χ1v) is 18.4. The van der Waals surface area contributed by atoms with E-state index in [0.717, 1.165) is 11.0 Å². The van der Waals surface area contributed by atoms with Crippen LogP contribution in [0.5, 0.6) is 0 Å². The fourth-order valence-corrected chi connectivity index (χ4v) is 4.02. The van der Waals surface area contributed by atoms with E-state index in [1.807, 2.05) is 24.5 Å². The van der Waals surface area contributed by atoms with Gasteiger partial charge in [0.2, 0.25) is 0 Å². The van der Waals surface area contributed by atoms with Crippen LogP contribution in [-0.2, 0) is 14.8 Å². The molecule has 2 aromatic carbocycles. The molecule has 6 heteroatoms. The van der Waals surface area contributed by atoms with Gasteiger partial charge in [-0.1, -0.05) is 5.39 Å². The Hall–Kier alpha value is -0.297. The monoisotopic (exact) mass is 500 g/mol. The molecule has 0 aliphatic carbocycles. The zero-order valence-electron chi connectivity index (χ0n) is 12.8. The molecule has 2 heterocycles. The van der Waals surface area contributed by atoms with Gasteiger partial charge in [0.05, 0.1) is 11.2 Å². The Bertz CT molecular complexity index is 984. The molecule has 0 N–H and O–H groups in total. The molecule has 0 fully saturated rings. The van der Waals surface area contributed by atoms with Gasteiger partial charge in [-0.05, 0) is 30.0 Å². The van der Waals surface area contributed by atoms with Crippen molar-refractivity contribution >= 4 is 70.6 Å². The second-order valence-electron chi connectivity index (χ2n) is 4.81. The van der Waals surface area contributed by atoms with Crippen LogP contribution in [-0.4, -0.2) is 21.9 Å². The molecule has 0 unspecified atom stereocenters. The van der Waals surface area contributed by atoms with Gasteiger partial charge < -0.3 is 4.40 Å². The van der Waals surface area contributed by atoms with Crippen LogP contribution < -0.4 is 0 Å². The second kappa shape index (κ2) is 7.72. The summed E-state index contributed by atoms with van der Waals surface area (Å²) >= 11 is 7.18. The Kier molecular flexibility index (Phi) is 5.89. The van der Waals surface area contributed by atoms with E-state index in [4.69, 9.17) is 0 Å². The number of hydrogen-bond acceptors (Lipinski definition) is 3. The maximum atomic E-state index is 4.53. The number of benzene rings is 2. The molecular formula is C17H13IN2S2Zn. The third-order valence-electron chi connectivity index (χ3n) is 3.76. The number of hydrogen-bond donors (Lipinski definition) is 0. The van der Waals surface area contributed by atoms with Crippen molar-refractivity contribution in [3.8, 4) is 0 Å². The Morgan fingerprint density at radius 2 is 2.00 bits per heavy atom. The third kappa shape index (κ3) is 3.03. The van der Waals surface area contributed by atoms with E-state index in [0.29, 0.717) is 0 Å². The molecule has 0 saturated carbocycles. The molecule has 0 spiro atoms. The molecule has 112 valence electrons. The zero-order valence-corrected chi connectivity index (χ0v) is 19.6. The summed E-state index contributed by atoms with van der Waals surface area (Å²) in [5, 5.41) is 3.57. The van der Waals surface area contributed by atoms with Crippen LogP contribution in [0.2, 0.25) is 0 Å². The molecule has 0 saturated heterocycles. The van der Waals surface area contributed by atoms with E-state index in [1.165, 1.54) is 40.9 Å². The quantitative estimate of drug-likeness (QED) is 0.114. The normalized spacial score (nSPS) is 11.0. The summed E-state index contributed by atoms with van der Waals surface area (Å²) in [5.41, 5.74) is 2.21. The van der Waals surface area contributed by atoms with Gasteiger partial charge in [-0.15, -0.1) is 53.2 Å². The Labute approximate surface area is 164 Å². The fraction of sp³-hybridized carbons (Fsp3) is 0.118. The number of nitrogens with zero attached hydrogens (tertiary/aromatic N) is 2. The van der Waals surface area contributed by atoms with Gasteiger partial charge in [0.25, 0.3) is 0 Å². The molecule has 0 radical (unpaired) electrons. The molecule has 2 nitrogen and oxygen atoms in total. The SMILES string of the molecule is CSc1cc(SC)c2c(c1)c1ccc[c-]c1c1nccn12.[Zn+][I]. The van der Waals surface area contributed by atoms with Crippen molar-refractivity contribution in [1.82, 2.24) is 9.38 Å². The average molecular weight is 502 g/mol. The van der Waals surface area contributed by atoms with Crippen LogP contribution in [0.15, 0.2) is 52.5 Å². The van der Waals surface area contributed by atoms with Crippen molar-refractivity contribution < 1.29 is 14.8 Å². The molecule has 4 aromatic rings. The number of pyridine rings is 1. The molecular weight excluding hydrogens is 489 g/mol. The topological polar surface area (TPSA) is 17.3 Å². The first-order chi connectivity index (χ1) is 11.3. The first-order valence-electron chi connectivity index (χ1n) is 6.91. The summed E-state index contributed by atoms with van der Waals surface area (Å²) in [5.74, 6) is 0. The fourth-order valence-electron chi connectivity index (χ4n) is 2.82. The summed E-state index contributed by atoms with van der Waals surface area (Å²) in [7, 11) is 0. The molecule has 23 heavy (non-hydrogen) atoms. The van der Waals surface area contributed by atoms with E-state index >= 15 is 0 Å². The summed E-state index contributed by atoms with van der Waals surface area (Å²) in [6.45, 7) is 0. The van der Waals surface area contributed by atoms with E-state index in [2.05, 4.69) is 65.9 Å². The molecule has 0 atom stereocenters. The van der Waals surface area contributed by atoms with Crippen LogP contribution in [0, 0.1) is 6.07 Å². The number of rotatable bonds is 2. The number of imidazole rings is 1.